The van der Waals surface area contributed by atoms with Gasteiger partial charge < -0.3 is 9.84 Å². The van der Waals surface area contributed by atoms with Crippen LogP contribution in [0.2, 0.25) is 0 Å². The average Bonchev–Trinajstić information content (AvgIpc) is 2.32. The summed E-state index contributed by atoms with van der Waals surface area (Å²) in [5.41, 5.74) is -0.636. The van der Waals surface area contributed by atoms with E-state index in [1.807, 2.05) is 0 Å². The van der Waals surface area contributed by atoms with Gasteiger partial charge in [0.2, 0.25) is 5.69 Å². The van der Waals surface area contributed by atoms with Crippen LogP contribution in [0.4, 0.5) is 8.78 Å². The highest BCUT2D eigenvalue weighted by molar-refractivity contribution is 5.87. The van der Waals surface area contributed by atoms with Crippen LogP contribution in [0.5, 0.6) is 5.88 Å². The quantitative estimate of drug-likeness (QED) is 0.737. The molecule has 1 N–H and O–H groups in total. The lowest BCUT2D eigenvalue weighted by Gasteiger charge is -2.02. The molecule has 0 amide bonds. The monoisotopic (exact) mass is 193 g/mol. The summed E-state index contributed by atoms with van der Waals surface area (Å²) in [4.78, 5) is 10.4. The molecule has 1 aromatic rings. The highest BCUT2D eigenvalue weighted by Gasteiger charge is 2.21. The molecule has 1 heterocycles. The lowest BCUT2D eigenvalue weighted by Crippen LogP contribution is -2.09. The number of rotatable bonds is 3. The Morgan fingerprint density at radius 1 is 1.69 bits per heavy atom. The van der Waals surface area contributed by atoms with Crippen molar-refractivity contribution in [2.75, 3.05) is 0 Å². The molecule has 0 aliphatic rings. The first-order valence-corrected chi connectivity index (χ1v) is 3.10. The Bertz CT molecular complexity index is 325. The largest absolute Gasteiger partial charge is 0.476 e. The molecular formula is C5H5F2N3O3. The Morgan fingerprint density at radius 2 is 2.31 bits per heavy atom. The molecule has 6 nitrogen and oxygen atoms in total. The predicted octanol–water partition coefficient (Wildman–Crippen LogP) is 0.115. The zero-order valence-corrected chi connectivity index (χ0v) is 6.44. The highest BCUT2D eigenvalue weighted by Crippen LogP contribution is 2.16. The van der Waals surface area contributed by atoms with E-state index in [4.69, 9.17) is 5.11 Å². The molecule has 0 atom stereocenters. The van der Waals surface area contributed by atoms with Crippen LogP contribution in [0.1, 0.15) is 10.5 Å². The van der Waals surface area contributed by atoms with Gasteiger partial charge in [-0.15, -0.1) is 5.10 Å². The summed E-state index contributed by atoms with van der Waals surface area (Å²) < 4.78 is 28.2. The topological polar surface area (TPSA) is 77.2 Å². The van der Waals surface area contributed by atoms with E-state index in [1.165, 1.54) is 7.05 Å². The van der Waals surface area contributed by atoms with Gasteiger partial charge in [-0.3, -0.25) is 0 Å². The van der Waals surface area contributed by atoms with E-state index < -0.39 is 24.2 Å². The molecule has 0 aliphatic heterocycles. The Labute approximate surface area is 70.7 Å². The number of halogens is 2. The van der Waals surface area contributed by atoms with Crippen LogP contribution >= 0.6 is 0 Å². The van der Waals surface area contributed by atoms with Crippen molar-refractivity contribution in [2.24, 2.45) is 7.05 Å². The molecule has 72 valence electrons. The molecule has 13 heavy (non-hydrogen) atoms. The summed E-state index contributed by atoms with van der Waals surface area (Å²) in [6, 6.07) is 0. The summed E-state index contributed by atoms with van der Waals surface area (Å²) in [5.74, 6) is -2.04. The van der Waals surface area contributed by atoms with Crippen molar-refractivity contribution in [1.29, 1.82) is 0 Å². The van der Waals surface area contributed by atoms with Crippen LogP contribution in [-0.2, 0) is 7.05 Å². The van der Waals surface area contributed by atoms with Crippen molar-refractivity contribution in [1.82, 2.24) is 15.0 Å². The first-order chi connectivity index (χ1) is 6.02. The molecule has 8 heteroatoms. The number of hydrogen-bond acceptors (Lipinski definition) is 4. The minimum Gasteiger partial charge on any atom is -0.476 e. The van der Waals surface area contributed by atoms with E-state index in [1.54, 1.807) is 0 Å². The molecule has 0 spiro atoms. The van der Waals surface area contributed by atoms with Crippen LogP contribution < -0.4 is 4.74 Å². The first-order valence-electron chi connectivity index (χ1n) is 3.10. The smallest absolute Gasteiger partial charge is 0.388 e. The second kappa shape index (κ2) is 3.33. The van der Waals surface area contributed by atoms with E-state index in [0.29, 0.717) is 0 Å². The van der Waals surface area contributed by atoms with Gasteiger partial charge >= 0.3 is 12.6 Å². The lowest BCUT2D eigenvalue weighted by molar-refractivity contribution is -0.0558. The van der Waals surface area contributed by atoms with Crippen LogP contribution in [0.25, 0.3) is 0 Å². The third-order valence-corrected chi connectivity index (χ3v) is 1.18. The molecule has 1 aromatic heterocycles. The van der Waals surface area contributed by atoms with Crippen molar-refractivity contribution in [3.63, 3.8) is 0 Å². The second-order valence-electron chi connectivity index (χ2n) is 2.05. The number of carboxylic acid groups (broad SMARTS) is 1. The number of alkyl halides is 2. The maximum atomic E-state index is 11.7. The fourth-order valence-corrected chi connectivity index (χ4v) is 0.699. The Balaban J connectivity index is 3.01. The maximum Gasteiger partial charge on any atom is 0.388 e. The number of carboxylic acids is 1. The number of hydrogen-bond donors (Lipinski definition) is 1. The highest BCUT2D eigenvalue weighted by atomic mass is 19.3. The number of ether oxygens (including phenoxy) is 1. The van der Waals surface area contributed by atoms with E-state index in [0.717, 1.165) is 4.68 Å². The zero-order valence-electron chi connectivity index (χ0n) is 6.44. The van der Waals surface area contributed by atoms with E-state index >= 15 is 0 Å². The van der Waals surface area contributed by atoms with Crippen molar-refractivity contribution in [2.45, 2.75) is 6.61 Å². The number of aromatic carboxylic acids is 1. The molecule has 0 saturated heterocycles. The Hall–Kier alpha value is -1.73. The predicted molar refractivity (Wildman–Crippen MR) is 34.6 cm³/mol. The summed E-state index contributed by atoms with van der Waals surface area (Å²) >= 11 is 0. The van der Waals surface area contributed by atoms with Gasteiger partial charge in [0, 0.05) is 7.05 Å². The van der Waals surface area contributed by atoms with Gasteiger partial charge in [-0.2, -0.15) is 8.78 Å². The first kappa shape index (κ1) is 9.36. The molecule has 0 saturated carbocycles. The summed E-state index contributed by atoms with van der Waals surface area (Å²) in [7, 11) is 1.25. The Morgan fingerprint density at radius 3 is 2.77 bits per heavy atom. The zero-order chi connectivity index (χ0) is 10.0. The number of carbonyl (C=O) groups is 1. The molecule has 0 aliphatic carbocycles. The minimum atomic E-state index is -3.10. The van der Waals surface area contributed by atoms with Gasteiger partial charge in [-0.05, 0) is 0 Å². The standard InChI is InChI=1S/C5H5F2N3O3/c1-10-3(13-5(6)7)2(4(11)12)8-9-10/h5H,1H3,(H,11,12). The second-order valence-corrected chi connectivity index (χ2v) is 2.05. The molecule has 1 rings (SSSR count). The van der Waals surface area contributed by atoms with Crippen LogP contribution in [-0.4, -0.2) is 32.7 Å². The van der Waals surface area contributed by atoms with Gasteiger partial charge in [0.1, 0.15) is 0 Å². The van der Waals surface area contributed by atoms with Crippen LogP contribution in [0.15, 0.2) is 0 Å². The van der Waals surface area contributed by atoms with Crippen molar-refractivity contribution in [3.8, 4) is 5.88 Å². The molecule has 0 fully saturated rings. The minimum absolute atomic E-state index is 0.567. The molecule has 0 bridgehead atoms. The van der Waals surface area contributed by atoms with Gasteiger partial charge in [-0.1, -0.05) is 5.21 Å². The van der Waals surface area contributed by atoms with E-state index in [-0.39, 0.29) is 0 Å². The van der Waals surface area contributed by atoms with E-state index in [2.05, 4.69) is 15.0 Å². The van der Waals surface area contributed by atoms with Crippen molar-refractivity contribution < 1.29 is 23.4 Å². The third-order valence-electron chi connectivity index (χ3n) is 1.18. The van der Waals surface area contributed by atoms with Gasteiger partial charge in [0.05, 0.1) is 0 Å². The van der Waals surface area contributed by atoms with E-state index in [9.17, 15) is 13.6 Å². The molecule has 0 aromatic carbocycles. The summed E-state index contributed by atoms with van der Waals surface area (Å²) in [6.45, 7) is -3.10. The number of aryl methyl sites for hydroxylation is 1. The maximum absolute atomic E-state index is 11.7. The normalized spacial score (nSPS) is 10.5. The van der Waals surface area contributed by atoms with Crippen LogP contribution in [0.3, 0.4) is 0 Å². The fraction of sp³-hybridized carbons (Fsp3) is 0.400. The third kappa shape index (κ3) is 1.89. The van der Waals surface area contributed by atoms with Crippen molar-refractivity contribution >= 4 is 5.97 Å². The number of aromatic nitrogens is 3. The van der Waals surface area contributed by atoms with Crippen molar-refractivity contribution in [3.05, 3.63) is 5.69 Å². The molecular weight excluding hydrogens is 188 g/mol. The lowest BCUT2D eigenvalue weighted by atomic mass is 10.5. The summed E-state index contributed by atoms with van der Waals surface area (Å²) in [6.07, 6.45) is 0. The number of nitrogens with zero attached hydrogens (tertiary/aromatic N) is 3. The van der Waals surface area contributed by atoms with Gasteiger partial charge in [0.25, 0.3) is 5.88 Å². The van der Waals surface area contributed by atoms with Gasteiger partial charge in [0.15, 0.2) is 0 Å². The Kier molecular flexibility index (Phi) is 2.40. The van der Waals surface area contributed by atoms with Crippen LogP contribution in [0, 0.1) is 0 Å². The molecule has 0 radical (unpaired) electrons. The summed E-state index contributed by atoms with van der Waals surface area (Å²) in [5, 5.41) is 14.8. The average molecular weight is 193 g/mol. The SMILES string of the molecule is Cn1nnc(C(=O)O)c1OC(F)F. The van der Waals surface area contributed by atoms with Gasteiger partial charge in [-0.25, -0.2) is 9.48 Å². The fourth-order valence-electron chi connectivity index (χ4n) is 0.699. The molecule has 0 unspecified atom stereocenters.